The molecule has 0 radical (unpaired) electrons. The number of aryl methyl sites for hydroxylation is 1. The van der Waals surface area contributed by atoms with Crippen molar-refractivity contribution in [2.24, 2.45) is 5.92 Å². The van der Waals surface area contributed by atoms with Crippen molar-refractivity contribution in [2.75, 3.05) is 19.8 Å². The molecule has 7 heteroatoms. The molecule has 0 bridgehead atoms. The SMILES string of the molecule is Cc1c(C#N)c(=O)n(Cc2nc(OCC3CCOC3)c3ccccc3n2)c2ccccc12. The van der Waals surface area contributed by atoms with Crippen LogP contribution in [0.25, 0.3) is 21.8 Å². The molecule has 0 aliphatic carbocycles. The van der Waals surface area contributed by atoms with Gasteiger partial charge in [-0.1, -0.05) is 30.3 Å². The van der Waals surface area contributed by atoms with E-state index in [0.717, 1.165) is 34.8 Å². The number of pyridine rings is 1. The van der Waals surface area contributed by atoms with Gasteiger partial charge in [-0.25, -0.2) is 4.98 Å². The quantitative estimate of drug-likeness (QED) is 0.484. The summed E-state index contributed by atoms with van der Waals surface area (Å²) in [7, 11) is 0. The molecule has 0 spiro atoms. The first kappa shape index (κ1) is 20.2. The molecule has 2 aromatic carbocycles. The van der Waals surface area contributed by atoms with E-state index in [9.17, 15) is 10.1 Å². The molecule has 32 heavy (non-hydrogen) atoms. The lowest BCUT2D eigenvalue weighted by Crippen LogP contribution is -2.26. The summed E-state index contributed by atoms with van der Waals surface area (Å²) in [5, 5.41) is 11.3. The van der Waals surface area contributed by atoms with E-state index in [-0.39, 0.29) is 17.7 Å². The van der Waals surface area contributed by atoms with Crippen molar-refractivity contribution in [3.8, 4) is 11.9 Å². The predicted molar refractivity (Wildman–Crippen MR) is 121 cm³/mol. The highest BCUT2D eigenvalue weighted by Crippen LogP contribution is 2.25. The van der Waals surface area contributed by atoms with Crippen molar-refractivity contribution in [2.45, 2.75) is 19.9 Å². The Hall–Kier alpha value is -3.76. The molecule has 3 heterocycles. The van der Waals surface area contributed by atoms with E-state index in [2.05, 4.69) is 16.0 Å². The lowest BCUT2D eigenvalue weighted by molar-refractivity contribution is 0.166. The van der Waals surface area contributed by atoms with E-state index < -0.39 is 0 Å². The number of hydrogen-bond acceptors (Lipinski definition) is 6. The molecule has 160 valence electrons. The van der Waals surface area contributed by atoms with Gasteiger partial charge in [-0.3, -0.25) is 9.36 Å². The number of rotatable bonds is 5. The third kappa shape index (κ3) is 3.59. The minimum atomic E-state index is -0.342. The van der Waals surface area contributed by atoms with Crippen molar-refractivity contribution in [3.63, 3.8) is 0 Å². The molecule has 0 amide bonds. The van der Waals surface area contributed by atoms with Crippen molar-refractivity contribution in [1.82, 2.24) is 14.5 Å². The molecule has 2 aromatic heterocycles. The number of nitrogens with zero attached hydrogens (tertiary/aromatic N) is 4. The normalized spacial score (nSPS) is 15.8. The average molecular weight is 426 g/mol. The minimum absolute atomic E-state index is 0.141. The molecule has 5 rings (SSSR count). The van der Waals surface area contributed by atoms with Crippen LogP contribution in [0.4, 0.5) is 0 Å². The van der Waals surface area contributed by atoms with Gasteiger partial charge in [0, 0.05) is 17.9 Å². The number of ether oxygens (including phenoxy) is 2. The van der Waals surface area contributed by atoms with Crippen molar-refractivity contribution >= 4 is 21.8 Å². The second kappa shape index (κ2) is 8.40. The first-order chi connectivity index (χ1) is 15.7. The Morgan fingerprint density at radius 3 is 2.72 bits per heavy atom. The molecular weight excluding hydrogens is 404 g/mol. The van der Waals surface area contributed by atoms with Crippen LogP contribution in [0, 0.1) is 24.2 Å². The lowest BCUT2D eigenvalue weighted by Gasteiger charge is -2.15. The zero-order valence-electron chi connectivity index (χ0n) is 17.7. The standard InChI is InChI=1S/C25H22N4O3/c1-16-18-6-3-5-9-22(18)29(25(30)20(16)12-26)13-23-27-21-8-4-2-7-19(21)24(28-23)32-15-17-10-11-31-14-17/h2-9,17H,10-11,13-15H2,1H3. The molecular formula is C25H22N4O3. The number of para-hydroxylation sites is 2. The molecule has 1 aliphatic heterocycles. The van der Waals surface area contributed by atoms with E-state index in [1.807, 2.05) is 48.5 Å². The maximum absolute atomic E-state index is 13.1. The Morgan fingerprint density at radius 2 is 1.94 bits per heavy atom. The Labute approximate surface area is 184 Å². The predicted octanol–water partition coefficient (Wildman–Crippen LogP) is 3.59. The third-order valence-electron chi connectivity index (χ3n) is 5.94. The van der Waals surface area contributed by atoms with Crippen LogP contribution in [0.2, 0.25) is 0 Å². The summed E-state index contributed by atoms with van der Waals surface area (Å²) >= 11 is 0. The van der Waals surface area contributed by atoms with Crippen LogP contribution in [-0.4, -0.2) is 34.4 Å². The van der Waals surface area contributed by atoms with Crippen LogP contribution in [0.5, 0.6) is 5.88 Å². The smallest absolute Gasteiger partial charge is 0.269 e. The summed E-state index contributed by atoms with van der Waals surface area (Å²) in [5.41, 5.74) is 1.98. The zero-order valence-corrected chi connectivity index (χ0v) is 17.7. The highest BCUT2D eigenvalue weighted by Gasteiger charge is 2.19. The molecule has 1 aliphatic rings. The monoisotopic (exact) mass is 426 g/mol. The van der Waals surface area contributed by atoms with Gasteiger partial charge < -0.3 is 9.47 Å². The number of aromatic nitrogens is 3. The maximum atomic E-state index is 13.1. The van der Waals surface area contributed by atoms with E-state index in [4.69, 9.17) is 9.47 Å². The first-order valence-electron chi connectivity index (χ1n) is 10.6. The number of benzene rings is 2. The van der Waals surface area contributed by atoms with Gasteiger partial charge in [0.05, 0.1) is 36.2 Å². The molecule has 7 nitrogen and oxygen atoms in total. The van der Waals surface area contributed by atoms with Gasteiger partial charge in [-0.05, 0) is 37.1 Å². The van der Waals surface area contributed by atoms with Crippen LogP contribution in [0.1, 0.15) is 23.4 Å². The lowest BCUT2D eigenvalue weighted by atomic mass is 10.0. The summed E-state index contributed by atoms with van der Waals surface area (Å²) in [6, 6.07) is 17.3. The van der Waals surface area contributed by atoms with E-state index in [1.54, 1.807) is 11.5 Å². The second-order valence-corrected chi connectivity index (χ2v) is 8.02. The van der Waals surface area contributed by atoms with Gasteiger partial charge in [-0.2, -0.15) is 10.2 Å². The van der Waals surface area contributed by atoms with Gasteiger partial charge in [0.2, 0.25) is 5.88 Å². The largest absolute Gasteiger partial charge is 0.477 e. The molecule has 0 N–H and O–H groups in total. The minimum Gasteiger partial charge on any atom is -0.477 e. The van der Waals surface area contributed by atoms with Gasteiger partial charge in [0.25, 0.3) is 5.56 Å². The highest BCUT2D eigenvalue weighted by atomic mass is 16.5. The average Bonchev–Trinajstić information content (AvgIpc) is 3.34. The Balaban J connectivity index is 1.60. The molecule has 1 atom stereocenters. The highest BCUT2D eigenvalue weighted by molar-refractivity contribution is 5.85. The first-order valence-corrected chi connectivity index (χ1v) is 10.6. The molecule has 1 unspecified atom stereocenters. The summed E-state index contributed by atoms with van der Waals surface area (Å²) in [6.45, 7) is 3.91. The number of hydrogen-bond donors (Lipinski definition) is 0. The zero-order chi connectivity index (χ0) is 22.1. The van der Waals surface area contributed by atoms with Crippen LogP contribution in [0.3, 0.4) is 0 Å². The van der Waals surface area contributed by atoms with Crippen molar-refractivity contribution < 1.29 is 9.47 Å². The van der Waals surface area contributed by atoms with Crippen LogP contribution < -0.4 is 10.3 Å². The fourth-order valence-electron chi connectivity index (χ4n) is 4.18. The van der Waals surface area contributed by atoms with Crippen LogP contribution in [0.15, 0.2) is 53.3 Å². The van der Waals surface area contributed by atoms with Gasteiger partial charge in [0.1, 0.15) is 11.6 Å². The van der Waals surface area contributed by atoms with E-state index in [1.165, 1.54) is 0 Å². The third-order valence-corrected chi connectivity index (χ3v) is 5.94. The summed E-state index contributed by atoms with van der Waals surface area (Å²) < 4.78 is 13.1. The van der Waals surface area contributed by atoms with Crippen LogP contribution in [-0.2, 0) is 11.3 Å². The molecule has 1 fully saturated rings. The van der Waals surface area contributed by atoms with E-state index >= 15 is 0 Å². The number of nitriles is 1. The summed E-state index contributed by atoms with van der Waals surface area (Å²) in [4.78, 5) is 22.5. The fourth-order valence-corrected chi connectivity index (χ4v) is 4.18. The molecule has 0 saturated carbocycles. The Bertz CT molecular complexity index is 1410. The second-order valence-electron chi connectivity index (χ2n) is 8.02. The van der Waals surface area contributed by atoms with E-state index in [0.29, 0.717) is 36.4 Å². The Kier molecular flexibility index (Phi) is 5.29. The van der Waals surface area contributed by atoms with Crippen LogP contribution >= 0.6 is 0 Å². The summed E-state index contributed by atoms with van der Waals surface area (Å²) in [6.07, 6.45) is 0.970. The van der Waals surface area contributed by atoms with Gasteiger partial charge in [0.15, 0.2) is 5.82 Å². The van der Waals surface area contributed by atoms with Crippen molar-refractivity contribution in [1.29, 1.82) is 5.26 Å². The topological polar surface area (TPSA) is 90.0 Å². The van der Waals surface area contributed by atoms with Gasteiger partial charge in [-0.15, -0.1) is 0 Å². The molecule has 4 aromatic rings. The molecule has 1 saturated heterocycles. The van der Waals surface area contributed by atoms with Gasteiger partial charge >= 0.3 is 0 Å². The van der Waals surface area contributed by atoms with Crippen molar-refractivity contribution in [3.05, 3.63) is 75.8 Å². The Morgan fingerprint density at radius 1 is 1.16 bits per heavy atom. The fraction of sp³-hybridized carbons (Fsp3) is 0.280. The maximum Gasteiger partial charge on any atom is 0.269 e. The number of fused-ring (bicyclic) bond motifs is 2. The summed E-state index contributed by atoms with van der Waals surface area (Å²) in [5.74, 6) is 1.30.